The molecular weight excluding hydrogens is 154 g/mol. The number of nitrogens with one attached hydrogen (secondary N) is 1. The molecule has 0 atom stereocenters. The van der Waals surface area contributed by atoms with Crippen LogP contribution in [0.4, 0.5) is 0 Å². The van der Waals surface area contributed by atoms with Crippen molar-refractivity contribution in [1.29, 1.82) is 0 Å². The zero-order chi connectivity index (χ0) is 8.97. The highest BCUT2D eigenvalue weighted by Gasteiger charge is 2.15. The molecule has 0 aromatic rings. The fourth-order valence-corrected chi connectivity index (χ4v) is 1.45. The van der Waals surface area contributed by atoms with E-state index in [9.17, 15) is 0 Å². The van der Waals surface area contributed by atoms with Crippen molar-refractivity contribution in [2.45, 2.75) is 31.7 Å². The zero-order valence-corrected chi connectivity index (χ0v) is 7.09. The smallest absolute Gasteiger partial charge is 0.356 e. The summed E-state index contributed by atoms with van der Waals surface area (Å²) in [4.78, 5) is 6.75. The molecule has 0 amide bonds. The van der Waals surface area contributed by atoms with Gasteiger partial charge in [0.2, 0.25) is 0 Å². The fraction of sp³-hybridized carbons (Fsp3) is 0.714. The Balaban J connectivity index is 2.49. The predicted molar refractivity (Wildman–Crippen MR) is 48.2 cm³/mol. The van der Waals surface area contributed by atoms with Crippen molar-refractivity contribution in [2.75, 3.05) is 0 Å². The Morgan fingerprint density at radius 1 is 1.17 bits per heavy atom. The van der Waals surface area contributed by atoms with Crippen LogP contribution in [0.15, 0.2) is 4.99 Å². The summed E-state index contributed by atoms with van der Waals surface area (Å²) in [5.74, 6) is 0.319. The third kappa shape index (κ3) is 2.77. The van der Waals surface area contributed by atoms with Crippen LogP contribution in [-0.2, 0) is 0 Å². The highest BCUT2D eigenvalue weighted by Crippen LogP contribution is 2.13. The van der Waals surface area contributed by atoms with Gasteiger partial charge in [0.05, 0.1) is 6.04 Å². The van der Waals surface area contributed by atoms with Crippen LogP contribution in [0.25, 0.3) is 0 Å². The maximum absolute atomic E-state index is 5.51. The van der Waals surface area contributed by atoms with Crippen LogP contribution in [-0.4, -0.2) is 18.0 Å². The van der Waals surface area contributed by atoms with Crippen LogP contribution in [0, 0.1) is 0 Å². The number of hydrogen-bond donors (Lipinski definition) is 4. The predicted octanol–water partition coefficient (Wildman–Crippen LogP) is -2.40. The van der Waals surface area contributed by atoms with E-state index in [1.807, 2.05) is 0 Å². The first-order valence-electron chi connectivity index (χ1n) is 4.17. The van der Waals surface area contributed by atoms with Crippen molar-refractivity contribution in [1.82, 2.24) is 0 Å². The fourth-order valence-electron chi connectivity index (χ4n) is 1.45. The molecule has 0 unspecified atom stereocenters. The summed E-state index contributed by atoms with van der Waals surface area (Å²) >= 11 is 0. The molecule has 68 valence electrons. The number of nitrogens with zero attached hydrogens (tertiary/aromatic N) is 1. The van der Waals surface area contributed by atoms with E-state index < -0.39 is 0 Å². The van der Waals surface area contributed by atoms with E-state index in [4.69, 9.17) is 17.2 Å². The number of guanidine groups is 2. The molecule has 12 heavy (non-hydrogen) atoms. The van der Waals surface area contributed by atoms with Crippen molar-refractivity contribution in [3.05, 3.63) is 0 Å². The normalized spacial score (nSPS) is 19.5. The van der Waals surface area contributed by atoms with Crippen molar-refractivity contribution in [2.24, 2.45) is 22.2 Å². The van der Waals surface area contributed by atoms with Gasteiger partial charge in [-0.15, -0.1) is 0 Å². The maximum atomic E-state index is 5.51. The Labute approximate surface area is 71.7 Å². The first-order valence-corrected chi connectivity index (χ1v) is 4.17. The van der Waals surface area contributed by atoms with Crippen molar-refractivity contribution in [3.8, 4) is 0 Å². The first-order chi connectivity index (χ1) is 5.68. The average molecular weight is 170 g/mol. The van der Waals surface area contributed by atoms with Gasteiger partial charge in [0.25, 0.3) is 5.96 Å². The summed E-state index contributed by atoms with van der Waals surface area (Å²) in [5, 5.41) is 0. The number of aliphatic imine (C=N–C) groups is 1. The van der Waals surface area contributed by atoms with Crippen LogP contribution in [0.3, 0.4) is 0 Å². The lowest BCUT2D eigenvalue weighted by molar-refractivity contribution is -0.502. The van der Waals surface area contributed by atoms with E-state index in [1.165, 1.54) is 12.8 Å². The minimum Gasteiger partial charge on any atom is -0.356 e. The van der Waals surface area contributed by atoms with Gasteiger partial charge in [-0.05, 0) is 30.7 Å². The molecule has 1 aliphatic rings. The highest BCUT2D eigenvalue weighted by atomic mass is 15.1. The van der Waals surface area contributed by atoms with Crippen molar-refractivity contribution < 1.29 is 4.99 Å². The van der Waals surface area contributed by atoms with Crippen LogP contribution < -0.4 is 22.2 Å². The third-order valence-electron chi connectivity index (χ3n) is 1.96. The molecule has 0 aromatic carbocycles. The van der Waals surface area contributed by atoms with Gasteiger partial charge in [0, 0.05) is 0 Å². The van der Waals surface area contributed by atoms with E-state index in [2.05, 4.69) is 9.98 Å². The molecule has 1 aliphatic carbocycles. The summed E-state index contributed by atoms with van der Waals surface area (Å²) in [5.41, 5.74) is 15.8. The molecule has 5 nitrogen and oxygen atoms in total. The van der Waals surface area contributed by atoms with Gasteiger partial charge >= 0.3 is 5.96 Å². The van der Waals surface area contributed by atoms with Crippen molar-refractivity contribution in [3.63, 3.8) is 0 Å². The Morgan fingerprint density at radius 3 is 2.25 bits per heavy atom. The zero-order valence-electron chi connectivity index (χ0n) is 7.09. The second kappa shape index (κ2) is 3.94. The molecule has 5 heteroatoms. The summed E-state index contributed by atoms with van der Waals surface area (Å²) < 4.78 is 0. The average Bonchev–Trinajstić information content (AvgIpc) is 2.37. The van der Waals surface area contributed by atoms with Crippen LogP contribution in [0.1, 0.15) is 25.7 Å². The largest absolute Gasteiger partial charge is 0.386 e. The molecule has 0 aromatic heterocycles. The number of nitrogens with two attached hydrogens (primary N) is 3. The number of rotatable bonds is 1. The Morgan fingerprint density at radius 2 is 1.75 bits per heavy atom. The Kier molecular flexibility index (Phi) is 2.90. The van der Waals surface area contributed by atoms with Gasteiger partial charge in [-0.2, -0.15) is 0 Å². The van der Waals surface area contributed by atoms with Gasteiger partial charge in [-0.1, -0.05) is 0 Å². The van der Waals surface area contributed by atoms with E-state index in [0.29, 0.717) is 12.0 Å². The molecular formula is C7H16N5+. The molecule has 0 bridgehead atoms. The maximum Gasteiger partial charge on any atom is 0.386 e. The summed E-state index contributed by atoms with van der Waals surface area (Å²) in [6.07, 6.45) is 4.82. The molecule has 1 saturated carbocycles. The SMILES string of the molecule is NC(N)=NC(N)=[NH+]C1CCCC1. The lowest BCUT2D eigenvalue weighted by Gasteiger charge is -1.97. The summed E-state index contributed by atoms with van der Waals surface area (Å²) in [6.45, 7) is 0. The minimum absolute atomic E-state index is 0.00185. The Hall–Kier alpha value is -1.26. The van der Waals surface area contributed by atoms with E-state index in [-0.39, 0.29) is 5.96 Å². The standard InChI is InChI=1S/C7H15N5/c8-6(9)12-7(10)11-5-3-1-2-4-5/h5H,1-4H2,(H6,8,9,10,11,12)/p+1. The van der Waals surface area contributed by atoms with Gasteiger partial charge in [-0.25, -0.2) is 0 Å². The van der Waals surface area contributed by atoms with Crippen LogP contribution in [0.2, 0.25) is 0 Å². The van der Waals surface area contributed by atoms with Gasteiger partial charge < -0.3 is 11.5 Å². The first kappa shape index (κ1) is 8.83. The van der Waals surface area contributed by atoms with E-state index in [0.717, 1.165) is 12.8 Å². The molecule has 0 radical (unpaired) electrons. The van der Waals surface area contributed by atoms with E-state index >= 15 is 0 Å². The second-order valence-electron chi connectivity index (χ2n) is 3.05. The van der Waals surface area contributed by atoms with Gasteiger partial charge in [0.15, 0.2) is 0 Å². The summed E-state index contributed by atoms with van der Waals surface area (Å²) in [6, 6.07) is 0.452. The molecule has 0 heterocycles. The van der Waals surface area contributed by atoms with Crippen LogP contribution >= 0.6 is 0 Å². The van der Waals surface area contributed by atoms with Crippen molar-refractivity contribution >= 4 is 11.9 Å². The van der Waals surface area contributed by atoms with E-state index in [1.54, 1.807) is 0 Å². The third-order valence-corrected chi connectivity index (χ3v) is 1.96. The molecule has 0 aliphatic heterocycles. The van der Waals surface area contributed by atoms with Gasteiger partial charge in [-0.3, -0.25) is 10.7 Å². The van der Waals surface area contributed by atoms with Crippen LogP contribution in [0.5, 0.6) is 0 Å². The second-order valence-corrected chi connectivity index (χ2v) is 3.05. The molecule has 0 spiro atoms. The molecule has 1 rings (SSSR count). The molecule has 1 fully saturated rings. The monoisotopic (exact) mass is 170 g/mol. The van der Waals surface area contributed by atoms with Gasteiger partial charge in [0.1, 0.15) is 0 Å². The quantitative estimate of drug-likeness (QED) is 0.260. The Bertz CT molecular complexity index is 198. The minimum atomic E-state index is -0.00185. The summed E-state index contributed by atoms with van der Waals surface area (Å²) in [7, 11) is 0. The lowest BCUT2D eigenvalue weighted by Crippen LogP contribution is -2.80. The number of hydrogen-bond acceptors (Lipinski definition) is 0. The highest BCUT2D eigenvalue weighted by molar-refractivity contribution is 5.89. The molecule has 0 saturated heterocycles. The molecule has 7 N–H and O–H groups in total. The topological polar surface area (TPSA) is 104 Å². The lowest BCUT2D eigenvalue weighted by atomic mass is 10.3.